The third-order valence-corrected chi connectivity index (χ3v) is 4.32. The van der Waals surface area contributed by atoms with Gasteiger partial charge < -0.3 is 19.7 Å². The Labute approximate surface area is 144 Å². The van der Waals surface area contributed by atoms with E-state index < -0.39 is 5.82 Å². The van der Waals surface area contributed by atoms with Gasteiger partial charge in [-0.3, -0.25) is 9.78 Å². The first-order chi connectivity index (χ1) is 12.1. The van der Waals surface area contributed by atoms with Crippen molar-refractivity contribution in [3.63, 3.8) is 0 Å². The maximum absolute atomic E-state index is 13.1. The molecule has 9 heteroatoms. The smallest absolute Gasteiger partial charge is 0.253 e. The second-order valence-corrected chi connectivity index (χ2v) is 6.01. The summed E-state index contributed by atoms with van der Waals surface area (Å²) < 4.78 is 20.1. The first-order valence-corrected chi connectivity index (χ1v) is 8.05. The molecule has 2 aromatic rings. The Morgan fingerprint density at radius 2 is 2.24 bits per heavy atom. The third kappa shape index (κ3) is 3.83. The zero-order valence-electron chi connectivity index (χ0n) is 13.9. The summed E-state index contributed by atoms with van der Waals surface area (Å²) in [6.07, 6.45) is 3.82. The normalized spacial score (nSPS) is 19.5. The van der Waals surface area contributed by atoms with Crippen molar-refractivity contribution >= 4 is 5.91 Å². The second-order valence-electron chi connectivity index (χ2n) is 6.01. The molecule has 1 amide bonds. The number of hydrogen-bond donors (Lipinski definition) is 2. The van der Waals surface area contributed by atoms with E-state index in [1.165, 1.54) is 6.20 Å². The van der Waals surface area contributed by atoms with Crippen LogP contribution in [0.3, 0.4) is 0 Å². The molecular weight excluding hydrogens is 329 g/mol. The Balaban J connectivity index is 1.59. The topological polar surface area (TPSA) is 102 Å². The van der Waals surface area contributed by atoms with E-state index in [1.807, 2.05) is 4.57 Å². The van der Waals surface area contributed by atoms with Crippen LogP contribution in [-0.2, 0) is 17.9 Å². The molecule has 25 heavy (non-hydrogen) atoms. The number of ether oxygens (including phenoxy) is 1. The van der Waals surface area contributed by atoms with E-state index in [2.05, 4.69) is 20.5 Å². The summed E-state index contributed by atoms with van der Waals surface area (Å²) in [7, 11) is 1.61. The van der Waals surface area contributed by atoms with Crippen LogP contribution >= 0.6 is 0 Å². The molecule has 2 N–H and O–H groups in total. The number of pyridine rings is 1. The Bertz CT molecular complexity index is 745. The van der Waals surface area contributed by atoms with Crippen LogP contribution in [0.15, 0.2) is 18.5 Å². The number of nitrogens with one attached hydrogen (secondary N) is 1. The van der Waals surface area contributed by atoms with E-state index in [0.29, 0.717) is 31.8 Å². The highest BCUT2D eigenvalue weighted by Gasteiger charge is 2.35. The van der Waals surface area contributed by atoms with E-state index in [0.717, 1.165) is 18.1 Å². The van der Waals surface area contributed by atoms with Gasteiger partial charge >= 0.3 is 0 Å². The molecule has 134 valence electrons. The number of aliphatic hydroxyl groups excluding tert-OH is 1. The number of carbonyl (C=O) groups is 1. The molecule has 1 aliphatic rings. The van der Waals surface area contributed by atoms with Gasteiger partial charge in [-0.1, -0.05) is 0 Å². The van der Waals surface area contributed by atoms with Gasteiger partial charge in [0.25, 0.3) is 5.91 Å². The molecule has 0 saturated heterocycles. The number of aliphatic hydroxyl groups is 1. The van der Waals surface area contributed by atoms with Gasteiger partial charge in [0.2, 0.25) is 0 Å². The van der Waals surface area contributed by atoms with Crippen molar-refractivity contribution in [3.8, 4) is 0 Å². The standard InChI is InChI=1S/C16H20FN5O3/c1-25-3-2-22-14(9-23)20-21-15(22)10-5-13(6-10)19-16(24)11-4-12(17)8-18-7-11/h4,7-8,10,13,23H,2-3,5-6,9H2,1H3,(H,19,24). The van der Waals surface area contributed by atoms with E-state index in [1.54, 1.807) is 7.11 Å². The summed E-state index contributed by atoms with van der Waals surface area (Å²) in [6, 6.07) is 1.15. The number of hydrogen-bond acceptors (Lipinski definition) is 6. The maximum atomic E-state index is 13.1. The summed E-state index contributed by atoms with van der Waals surface area (Å²) in [5.41, 5.74) is 0.203. The summed E-state index contributed by atoms with van der Waals surface area (Å²) in [6.45, 7) is 0.880. The van der Waals surface area contributed by atoms with Crippen LogP contribution in [0.4, 0.5) is 4.39 Å². The largest absolute Gasteiger partial charge is 0.388 e. The number of halogens is 1. The zero-order chi connectivity index (χ0) is 17.8. The molecule has 2 aromatic heterocycles. The van der Waals surface area contributed by atoms with Gasteiger partial charge in [0, 0.05) is 31.8 Å². The molecular formula is C16H20FN5O3. The van der Waals surface area contributed by atoms with Crippen molar-refractivity contribution < 1.29 is 19.0 Å². The molecule has 0 spiro atoms. The summed E-state index contributed by atoms with van der Waals surface area (Å²) in [5, 5.41) is 20.4. The van der Waals surface area contributed by atoms with Crippen LogP contribution in [0.2, 0.25) is 0 Å². The van der Waals surface area contributed by atoms with E-state index in [4.69, 9.17) is 4.74 Å². The van der Waals surface area contributed by atoms with Crippen molar-refractivity contribution in [2.45, 2.75) is 38.0 Å². The highest BCUT2D eigenvalue weighted by molar-refractivity contribution is 5.94. The SMILES string of the molecule is COCCn1c(CO)nnc1C1CC(NC(=O)c2cncc(F)c2)C1. The fraction of sp³-hybridized carbons (Fsp3) is 0.500. The van der Waals surface area contributed by atoms with E-state index >= 15 is 0 Å². The highest BCUT2D eigenvalue weighted by Crippen LogP contribution is 2.36. The number of nitrogens with zero attached hydrogens (tertiary/aromatic N) is 4. The van der Waals surface area contributed by atoms with Crippen molar-refractivity contribution in [3.05, 3.63) is 41.5 Å². The average molecular weight is 349 g/mol. The first-order valence-electron chi connectivity index (χ1n) is 8.05. The molecule has 8 nitrogen and oxygen atoms in total. The quantitative estimate of drug-likeness (QED) is 0.760. The Kier molecular flexibility index (Phi) is 5.34. The van der Waals surface area contributed by atoms with Crippen molar-refractivity contribution in [1.82, 2.24) is 25.1 Å². The molecule has 1 aliphatic carbocycles. The Hall–Kier alpha value is -2.39. The third-order valence-electron chi connectivity index (χ3n) is 4.32. The van der Waals surface area contributed by atoms with Gasteiger partial charge in [-0.25, -0.2) is 4.39 Å². The predicted molar refractivity (Wildman–Crippen MR) is 85.2 cm³/mol. The van der Waals surface area contributed by atoms with Gasteiger partial charge in [-0.2, -0.15) is 0 Å². The fourth-order valence-corrected chi connectivity index (χ4v) is 2.95. The molecule has 0 aliphatic heterocycles. The Morgan fingerprint density at radius 1 is 1.44 bits per heavy atom. The van der Waals surface area contributed by atoms with Crippen LogP contribution in [0.5, 0.6) is 0 Å². The molecule has 0 aromatic carbocycles. The van der Waals surface area contributed by atoms with Crippen molar-refractivity contribution in [1.29, 1.82) is 0 Å². The number of carbonyl (C=O) groups excluding carboxylic acids is 1. The lowest BCUT2D eigenvalue weighted by atomic mass is 9.79. The van der Waals surface area contributed by atoms with E-state index in [9.17, 15) is 14.3 Å². The van der Waals surface area contributed by atoms with Crippen LogP contribution in [-0.4, -0.2) is 50.5 Å². The van der Waals surface area contributed by atoms with Crippen molar-refractivity contribution in [2.24, 2.45) is 0 Å². The molecule has 3 rings (SSSR count). The minimum atomic E-state index is -0.540. The number of aromatic nitrogens is 4. The molecule has 1 fully saturated rings. The van der Waals surface area contributed by atoms with Gasteiger partial charge in [-0.05, 0) is 18.9 Å². The van der Waals surface area contributed by atoms with Gasteiger partial charge in [0.15, 0.2) is 5.82 Å². The second kappa shape index (κ2) is 7.66. The molecule has 0 atom stereocenters. The monoisotopic (exact) mass is 349 g/mol. The van der Waals surface area contributed by atoms with Crippen molar-refractivity contribution in [2.75, 3.05) is 13.7 Å². The summed E-state index contributed by atoms with van der Waals surface area (Å²) in [5.74, 6) is 0.569. The molecule has 0 unspecified atom stereocenters. The number of rotatable bonds is 7. The van der Waals surface area contributed by atoms with Crippen LogP contribution in [0, 0.1) is 5.82 Å². The number of amides is 1. The van der Waals surface area contributed by atoms with Gasteiger partial charge in [-0.15, -0.1) is 10.2 Å². The van der Waals surface area contributed by atoms with Crippen LogP contribution in [0.25, 0.3) is 0 Å². The lowest BCUT2D eigenvalue weighted by molar-refractivity contribution is 0.0905. The number of methoxy groups -OCH3 is 1. The van der Waals surface area contributed by atoms with Gasteiger partial charge in [0.1, 0.15) is 18.2 Å². The van der Waals surface area contributed by atoms with Crippen LogP contribution < -0.4 is 5.32 Å². The molecule has 0 radical (unpaired) electrons. The summed E-state index contributed by atoms with van der Waals surface area (Å²) in [4.78, 5) is 15.8. The lowest BCUT2D eigenvalue weighted by Gasteiger charge is -2.35. The average Bonchev–Trinajstić information content (AvgIpc) is 2.97. The summed E-state index contributed by atoms with van der Waals surface area (Å²) >= 11 is 0. The molecule has 0 bridgehead atoms. The minimum Gasteiger partial charge on any atom is -0.388 e. The zero-order valence-corrected chi connectivity index (χ0v) is 13.9. The van der Waals surface area contributed by atoms with Gasteiger partial charge in [0.05, 0.1) is 18.4 Å². The molecule has 2 heterocycles. The Morgan fingerprint density at radius 3 is 2.92 bits per heavy atom. The first kappa shape index (κ1) is 17.4. The van der Waals surface area contributed by atoms with E-state index in [-0.39, 0.29) is 30.0 Å². The minimum absolute atomic E-state index is 0.00841. The molecule has 1 saturated carbocycles. The van der Waals surface area contributed by atoms with Crippen LogP contribution in [0.1, 0.15) is 40.8 Å². The lowest BCUT2D eigenvalue weighted by Crippen LogP contribution is -2.44. The predicted octanol–water partition coefficient (Wildman–Crippen LogP) is 0.627. The maximum Gasteiger partial charge on any atom is 0.253 e. The fourth-order valence-electron chi connectivity index (χ4n) is 2.95. The highest BCUT2D eigenvalue weighted by atomic mass is 19.1.